The van der Waals surface area contributed by atoms with Gasteiger partial charge in [-0.2, -0.15) is 0 Å². The molecular formula is C12H17ClN4. The van der Waals surface area contributed by atoms with Crippen molar-refractivity contribution in [2.24, 2.45) is 5.73 Å². The van der Waals surface area contributed by atoms with Crippen LogP contribution in [-0.4, -0.2) is 29.1 Å². The van der Waals surface area contributed by atoms with E-state index in [1.54, 1.807) is 0 Å². The summed E-state index contributed by atoms with van der Waals surface area (Å²) in [6.45, 7) is 1.76. The summed E-state index contributed by atoms with van der Waals surface area (Å²) >= 11 is 0. The molecule has 1 aromatic carbocycles. The normalized spacial score (nSPS) is 19.6. The van der Waals surface area contributed by atoms with Gasteiger partial charge in [0.15, 0.2) is 0 Å². The Kier molecular flexibility index (Phi) is 3.54. The van der Waals surface area contributed by atoms with E-state index in [1.165, 1.54) is 12.8 Å². The second-order valence-corrected chi connectivity index (χ2v) is 4.30. The first-order valence-electron chi connectivity index (χ1n) is 5.80. The molecule has 3 N–H and O–H groups in total. The largest absolute Gasteiger partial charge is 0.338 e. The number of benzene rings is 1. The van der Waals surface area contributed by atoms with Crippen molar-refractivity contribution < 1.29 is 0 Å². The Labute approximate surface area is 107 Å². The first-order chi connectivity index (χ1) is 7.88. The van der Waals surface area contributed by atoms with Gasteiger partial charge in [-0.3, -0.25) is 0 Å². The molecule has 0 saturated carbocycles. The number of halogens is 1. The highest BCUT2D eigenvalue weighted by atomic mass is 35.5. The van der Waals surface area contributed by atoms with Gasteiger partial charge in [-0.25, -0.2) is 4.98 Å². The van der Waals surface area contributed by atoms with Gasteiger partial charge in [0.2, 0.25) is 5.95 Å². The van der Waals surface area contributed by atoms with E-state index in [9.17, 15) is 0 Å². The maximum Gasteiger partial charge on any atom is 0.204 e. The summed E-state index contributed by atoms with van der Waals surface area (Å²) in [5.41, 5.74) is 7.90. The van der Waals surface area contributed by atoms with Crippen LogP contribution in [-0.2, 0) is 0 Å². The first kappa shape index (κ1) is 12.2. The first-order valence-corrected chi connectivity index (χ1v) is 5.80. The van der Waals surface area contributed by atoms with Gasteiger partial charge < -0.3 is 15.6 Å². The molecule has 92 valence electrons. The zero-order chi connectivity index (χ0) is 11.0. The molecule has 1 saturated heterocycles. The molecule has 0 bridgehead atoms. The molecule has 4 nitrogen and oxygen atoms in total. The molecule has 17 heavy (non-hydrogen) atoms. The summed E-state index contributed by atoms with van der Waals surface area (Å²) in [6, 6.07) is 8.56. The third-order valence-corrected chi connectivity index (χ3v) is 3.30. The molecule has 3 rings (SSSR count). The highest BCUT2D eigenvalue weighted by molar-refractivity contribution is 5.85. The van der Waals surface area contributed by atoms with Gasteiger partial charge in [-0.05, 0) is 25.0 Å². The molecule has 0 spiro atoms. The lowest BCUT2D eigenvalue weighted by Gasteiger charge is -2.22. The number of para-hydroxylation sites is 2. The minimum Gasteiger partial charge on any atom is -0.338 e. The van der Waals surface area contributed by atoms with Crippen LogP contribution in [0.5, 0.6) is 0 Å². The van der Waals surface area contributed by atoms with Gasteiger partial charge in [0.25, 0.3) is 0 Å². The van der Waals surface area contributed by atoms with E-state index >= 15 is 0 Å². The average molecular weight is 253 g/mol. The van der Waals surface area contributed by atoms with Crippen LogP contribution in [0.4, 0.5) is 5.95 Å². The summed E-state index contributed by atoms with van der Waals surface area (Å²) in [5, 5.41) is 0. The molecule has 1 unspecified atom stereocenters. The highest BCUT2D eigenvalue weighted by Gasteiger charge is 2.25. The maximum atomic E-state index is 5.77. The lowest BCUT2D eigenvalue weighted by Crippen LogP contribution is -2.36. The molecule has 1 aliphatic rings. The number of nitrogens with two attached hydrogens (primary N) is 1. The Morgan fingerprint density at radius 2 is 2.24 bits per heavy atom. The Morgan fingerprint density at radius 1 is 1.41 bits per heavy atom. The highest BCUT2D eigenvalue weighted by Crippen LogP contribution is 2.24. The predicted octanol–water partition coefficient (Wildman–Crippen LogP) is 1.91. The number of nitrogens with one attached hydrogen (secondary N) is 1. The topological polar surface area (TPSA) is 57.9 Å². The SMILES string of the molecule is Cl.NCC1CCCN1c1nc2ccccc2[nH]1. The number of aromatic nitrogens is 2. The van der Waals surface area contributed by atoms with E-state index in [1.807, 2.05) is 18.2 Å². The Morgan fingerprint density at radius 3 is 3.00 bits per heavy atom. The van der Waals surface area contributed by atoms with Crippen LogP contribution in [0.3, 0.4) is 0 Å². The van der Waals surface area contributed by atoms with Crippen LogP contribution in [0, 0.1) is 0 Å². The van der Waals surface area contributed by atoms with Crippen molar-refractivity contribution in [3.8, 4) is 0 Å². The number of rotatable bonds is 2. The third-order valence-electron chi connectivity index (χ3n) is 3.30. The average Bonchev–Trinajstić information content (AvgIpc) is 2.94. The van der Waals surface area contributed by atoms with Gasteiger partial charge >= 0.3 is 0 Å². The van der Waals surface area contributed by atoms with Crippen LogP contribution in [0.15, 0.2) is 24.3 Å². The quantitative estimate of drug-likeness (QED) is 0.859. The second kappa shape index (κ2) is 4.94. The molecule has 2 aromatic rings. The van der Waals surface area contributed by atoms with E-state index in [0.29, 0.717) is 12.6 Å². The van der Waals surface area contributed by atoms with E-state index in [-0.39, 0.29) is 12.4 Å². The predicted molar refractivity (Wildman–Crippen MR) is 72.8 cm³/mol. The van der Waals surface area contributed by atoms with Gasteiger partial charge in [0.05, 0.1) is 11.0 Å². The fourth-order valence-electron chi connectivity index (χ4n) is 2.43. The molecule has 5 heteroatoms. The summed E-state index contributed by atoms with van der Waals surface area (Å²) in [7, 11) is 0. The number of H-pyrrole nitrogens is 1. The maximum absolute atomic E-state index is 5.77. The zero-order valence-electron chi connectivity index (χ0n) is 9.60. The lowest BCUT2D eigenvalue weighted by atomic mass is 10.2. The molecule has 0 aliphatic carbocycles. The zero-order valence-corrected chi connectivity index (χ0v) is 10.4. The molecule has 0 radical (unpaired) electrons. The van der Waals surface area contributed by atoms with E-state index in [0.717, 1.165) is 23.5 Å². The van der Waals surface area contributed by atoms with Gasteiger partial charge in [-0.1, -0.05) is 12.1 Å². The number of hydrogen-bond acceptors (Lipinski definition) is 3. The molecular weight excluding hydrogens is 236 g/mol. The molecule has 0 amide bonds. The van der Waals surface area contributed by atoms with Crippen LogP contribution >= 0.6 is 12.4 Å². The minimum absolute atomic E-state index is 0. The number of anilines is 1. The van der Waals surface area contributed by atoms with Crippen LogP contribution in [0.1, 0.15) is 12.8 Å². The lowest BCUT2D eigenvalue weighted by molar-refractivity contribution is 0.667. The molecule has 1 aliphatic heterocycles. The molecule has 1 fully saturated rings. The van der Waals surface area contributed by atoms with Crippen molar-refractivity contribution in [3.05, 3.63) is 24.3 Å². The van der Waals surface area contributed by atoms with Crippen molar-refractivity contribution in [2.75, 3.05) is 18.0 Å². The number of imidazole rings is 1. The number of nitrogens with zero attached hydrogens (tertiary/aromatic N) is 2. The van der Waals surface area contributed by atoms with E-state index in [4.69, 9.17) is 5.73 Å². The smallest absolute Gasteiger partial charge is 0.204 e. The van der Waals surface area contributed by atoms with Crippen LogP contribution in [0.2, 0.25) is 0 Å². The standard InChI is InChI=1S/C12H16N4.ClH/c13-8-9-4-3-7-16(9)12-14-10-5-1-2-6-11(10)15-12;/h1-2,5-6,9H,3-4,7-8,13H2,(H,14,15);1H. The van der Waals surface area contributed by atoms with Crippen molar-refractivity contribution in [2.45, 2.75) is 18.9 Å². The fraction of sp³-hybridized carbons (Fsp3) is 0.417. The molecule has 2 heterocycles. The third kappa shape index (κ3) is 2.10. The number of aromatic amines is 1. The van der Waals surface area contributed by atoms with Crippen molar-refractivity contribution >= 4 is 29.4 Å². The molecule has 1 aromatic heterocycles. The van der Waals surface area contributed by atoms with E-state index < -0.39 is 0 Å². The Bertz CT molecular complexity index is 463. The summed E-state index contributed by atoms with van der Waals surface area (Å²) in [6.07, 6.45) is 2.38. The van der Waals surface area contributed by atoms with E-state index in [2.05, 4.69) is 20.9 Å². The monoisotopic (exact) mass is 252 g/mol. The second-order valence-electron chi connectivity index (χ2n) is 4.30. The van der Waals surface area contributed by atoms with Gasteiger partial charge in [-0.15, -0.1) is 12.4 Å². The summed E-state index contributed by atoms with van der Waals surface area (Å²) in [5.74, 6) is 0.967. The van der Waals surface area contributed by atoms with Crippen LogP contribution in [0.25, 0.3) is 11.0 Å². The van der Waals surface area contributed by atoms with Crippen molar-refractivity contribution in [3.63, 3.8) is 0 Å². The van der Waals surface area contributed by atoms with Crippen LogP contribution < -0.4 is 10.6 Å². The summed E-state index contributed by atoms with van der Waals surface area (Å²) < 4.78 is 0. The fourth-order valence-corrected chi connectivity index (χ4v) is 2.43. The van der Waals surface area contributed by atoms with Gasteiger partial charge in [0.1, 0.15) is 0 Å². The Balaban J connectivity index is 0.00000108. The number of hydrogen-bond donors (Lipinski definition) is 2. The Hall–Kier alpha value is -1.26. The van der Waals surface area contributed by atoms with Crippen molar-refractivity contribution in [1.29, 1.82) is 0 Å². The molecule has 1 atom stereocenters. The summed E-state index contributed by atoms with van der Waals surface area (Å²) in [4.78, 5) is 10.3. The minimum atomic E-state index is 0. The number of fused-ring (bicyclic) bond motifs is 1. The van der Waals surface area contributed by atoms with Gasteiger partial charge in [0, 0.05) is 19.1 Å². The van der Waals surface area contributed by atoms with Crippen molar-refractivity contribution in [1.82, 2.24) is 9.97 Å².